The quantitative estimate of drug-likeness (QED) is 0.900. The molecule has 0 saturated carbocycles. The van der Waals surface area contributed by atoms with E-state index >= 15 is 0 Å². The monoisotopic (exact) mass is 361 g/mol. The molecular weight excluding hydrogens is 342 g/mol. The van der Waals surface area contributed by atoms with Crippen molar-refractivity contribution in [1.82, 2.24) is 4.31 Å². The Kier molecular flexibility index (Phi) is 4.89. The largest absolute Gasteiger partial charge is 0.392 e. The van der Waals surface area contributed by atoms with Gasteiger partial charge in [-0.3, -0.25) is 0 Å². The summed E-state index contributed by atoms with van der Waals surface area (Å²) in [5, 5.41) is 9.21. The number of aliphatic hydroxyl groups is 1. The van der Waals surface area contributed by atoms with Gasteiger partial charge in [0.1, 0.15) is 0 Å². The Hall–Kier alpha value is -0.430. The standard InChI is InChI=1S/C14H20BrNO3S/c1-10-4-3-5-11(2)16(10)20(18,19)14-8-12(9-17)6-7-13(14)15/h6-8,10-11,17H,3-5,9H2,1-2H3. The topological polar surface area (TPSA) is 57.6 Å². The van der Waals surface area contributed by atoms with Crippen LogP contribution in [0, 0.1) is 0 Å². The Balaban J connectivity index is 2.49. The van der Waals surface area contributed by atoms with Gasteiger partial charge < -0.3 is 5.11 Å². The molecule has 0 radical (unpaired) electrons. The molecule has 2 atom stereocenters. The lowest BCUT2D eigenvalue weighted by Gasteiger charge is -2.37. The summed E-state index contributed by atoms with van der Waals surface area (Å²) < 4.78 is 28.0. The lowest BCUT2D eigenvalue weighted by atomic mass is 10.0. The molecule has 6 heteroatoms. The maximum atomic E-state index is 12.9. The third-order valence-electron chi connectivity index (χ3n) is 3.85. The van der Waals surface area contributed by atoms with Crippen LogP contribution in [0.25, 0.3) is 0 Å². The smallest absolute Gasteiger partial charge is 0.244 e. The molecule has 112 valence electrons. The average Bonchev–Trinajstić information content (AvgIpc) is 2.38. The molecule has 1 aliphatic heterocycles. The van der Waals surface area contributed by atoms with Crippen LogP contribution in [-0.4, -0.2) is 29.9 Å². The second-order valence-corrected chi connectivity index (χ2v) is 8.05. The Labute approximate surface area is 129 Å². The molecule has 1 aromatic rings. The highest BCUT2D eigenvalue weighted by atomic mass is 79.9. The van der Waals surface area contributed by atoms with E-state index in [2.05, 4.69) is 15.9 Å². The zero-order valence-electron chi connectivity index (χ0n) is 11.7. The first kappa shape index (κ1) is 15.9. The SMILES string of the molecule is CC1CCCC(C)N1S(=O)(=O)c1cc(CO)ccc1Br. The molecule has 1 aromatic carbocycles. The first-order chi connectivity index (χ1) is 9.37. The summed E-state index contributed by atoms with van der Waals surface area (Å²) in [5.74, 6) is 0. The van der Waals surface area contributed by atoms with Gasteiger partial charge in [-0.2, -0.15) is 4.31 Å². The van der Waals surface area contributed by atoms with E-state index in [9.17, 15) is 13.5 Å². The summed E-state index contributed by atoms with van der Waals surface area (Å²) >= 11 is 3.31. The highest BCUT2D eigenvalue weighted by molar-refractivity contribution is 9.10. The molecule has 0 aromatic heterocycles. The number of benzene rings is 1. The van der Waals surface area contributed by atoms with Gasteiger partial charge in [-0.05, 0) is 60.3 Å². The fraction of sp³-hybridized carbons (Fsp3) is 0.571. The van der Waals surface area contributed by atoms with Crippen LogP contribution in [-0.2, 0) is 16.6 Å². The van der Waals surface area contributed by atoms with Gasteiger partial charge in [0.05, 0.1) is 11.5 Å². The van der Waals surface area contributed by atoms with Gasteiger partial charge in [-0.25, -0.2) is 8.42 Å². The van der Waals surface area contributed by atoms with Crippen molar-refractivity contribution < 1.29 is 13.5 Å². The van der Waals surface area contributed by atoms with E-state index in [0.29, 0.717) is 10.0 Å². The van der Waals surface area contributed by atoms with Gasteiger partial charge >= 0.3 is 0 Å². The van der Waals surface area contributed by atoms with E-state index in [4.69, 9.17) is 0 Å². The van der Waals surface area contributed by atoms with E-state index in [0.717, 1.165) is 19.3 Å². The molecule has 1 saturated heterocycles. The van der Waals surface area contributed by atoms with Crippen molar-refractivity contribution in [3.8, 4) is 0 Å². The Morgan fingerprint density at radius 1 is 1.30 bits per heavy atom. The number of hydrogen-bond donors (Lipinski definition) is 1. The number of aliphatic hydroxyl groups excluding tert-OH is 1. The average molecular weight is 362 g/mol. The lowest BCUT2D eigenvalue weighted by Crippen LogP contribution is -2.47. The lowest BCUT2D eigenvalue weighted by molar-refractivity contribution is 0.204. The van der Waals surface area contributed by atoms with E-state index in [1.165, 1.54) is 0 Å². The third kappa shape index (κ3) is 2.93. The van der Waals surface area contributed by atoms with Crippen molar-refractivity contribution >= 4 is 26.0 Å². The molecule has 20 heavy (non-hydrogen) atoms. The van der Waals surface area contributed by atoms with Crippen LogP contribution in [0.5, 0.6) is 0 Å². The summed E-state index contributed by atoms with van der Waals surface area (Å²) in [6.45, 7) is 3.74. The maximum absolute atomic E-state index is 12.9. The van der Waals surface area contributed by atoms with Gasteiger partial charge in [0.2, 0.25) is 10.0 Å². The minimum Gasteiger partial charge on any atom is -0.392 e. The Morgan fingerprint density at radius 3 is 2.45 bits per heavy atom. The number of rotatable bonds is 3. The van der Waals surface area contributed by atoms with Crippen molar-refractivity contribution in [2.45, 2.75) is 56.7 Å². The normalized spacial score (nSPS) is 24.8. The highest BCUT2D eigenvalue weighted by Crippen LogP contribution is 2.33. The summed E-state index contributed by atoms with van der Waals surface area (Å²) in [4.78, 5) is 0.240. The number of hydrogen-bond acceptors (Lipinski definition) is 3. The van der Waals surface area contributed by atoms with Crippen LogP contribution in [0.4, 0.5) is 0 Å². The minimum absolute atomic E-state index is 0.00781. The molecule has 0 spiro atoms. The second kappa shape index (κ2) is 6.13. The molecule has 1 aliphatic rings. The summed E-state index contributed by atoms with van der Waals surface area (Å²) in [6.07, 6.45) is 2.84. The molecule has 2 rings (SSSR count). The van der Waals surface area contributed by atoms with Gasteiger partial charge in [0, 0.05) is 16.6 Å². The first-order valence-electron chi connectivity index (χ1n) is 6.80. The zero-order chi connectivity index (χ0) is 14.9. The molecule has 4 nitrogen and oxygen atoms in total. The van der Waals surface area contributed by atoms with E-state index in [1.807, 2.05) is 13.8 Å². The molecule has 1 N–H and O–H groups in total. The van der Waals surface area contributed by atoms with Gasteiger partial charge in [0.25, 0.3) is 0 Å². The zero-order valence-corrected chi connectivity index (χ0v) is 14.1. The van der Waals surface area contributed by atoms with E-state index < -0.39 is 10.0 Å². The van der Waals surface area contributed by atoms with E-state index in [1.54, 1.807) is 22.5 Å². The Bertz CT molecular complexity index is 578. The van der Waals surface area contributed by atoms with Crippen LogP contribution in [0.1, 0.15) is 38.7 Å². The summed E-state index contributed by atoms with van der Waals surface area (Å²) in [5.41, 5.74) is 0.601. The van der Waals surface area contributed by atoms with Crippen molar-refractivity contribution in [2.75, 3.05) is 0 Å². The van der Waals surface area contributed by atoms with Crippen LogP contribution < -0.4 is 0 Å². The van der Waals surface area contributed by atoms with Crippen molar-refractivity contribution in [3.05, 3.63) is 28.2 Å². The van der Waals surface area contributed by atoms with Gasteiger partial charge in [0.15, 0.2) is 0 Å². The number of piperidine rings is 1. The maximum Gasteiger partial charge on any atom is 0.244 e. The molecule has 1 heterocycles. The molecule has 0 amide bonds. The second-order valence-electron chi connectivity index (χ2n) is 5.39. The molecular formula is C14H20BrNO3S. The van der Waals surface area contributed by atoms with Crippen molar-refractivity contribution in [1.29, 1.82) is 0 Å². The van der Waals surface area contributed by atoms with Crippen LogP contribution in [0.3, 0.4) is 0 Å². The van der Waals surface area contributed by atoms with Gasteiger partial charge in [-0.15, -0.1) is 0 Å². The van der Waals surface area contributed by atoms with Crippen LogP contribution in [0.15, 0.2) is 27.6 Å². The highest BCUT2D eigenvalue weighted by Gasteiger charge is 2.36. The van der Waals surface area contributed by atoms with Crippen molar-refractivity contribution in [3.63, 3.8) is 0 Å². The first-order valence-corrected chi connectivity index (χ1v) is 9.04. The summed E-state index contributed by atoms with van der Waals surface area (Å²) in [6, 6.07) is 4.96. The molecule has 0 bridgehead atoms. The Morgan fingerprint density at radius 2 is 1.90 bits per heavy atom. The molecule has 0 aliphatic carbocycles. The van der Waals surface area contributed by atoms with Crippen LogP contribution in [0.2, 0.25) is 0 Å². The van der Waals surface area contributed by atoms with E-state index in [-0.39, 0.29) is 23.6 Å². The van der Waals surface area contributed by atoms with Crippen molar-refractivity contribution in [2.24, 2.45) is 0 Å². The van der Waals surface area contributed by atoms with Crippen LogP contribution >= 0.6 is 15.9 Å². The summed E-state index contributed by atoms with van der Waals surface area (Å²) in [7, 11) is -3.55. The minimum atomic E-state index is -3.55. The number of sulfonamides is 1. The van der Waals surface area contributed by atoms with Gasteiger partial charge in [-0.1, -0.05) is 12.5 Å². The predicted molar refractivity (Wildman–Crippen MR) is 81.9 cm³/mol. The third-order valence-corrected chi connectivity index (χ3v) is 6.97. The number of halogens is 1. The molecule has 1 fully saturated rings. The fourth-order valence-electron chi connectivity index (χ4n) is 2.83. The molecule has 2 unspecified atom stereocenters. The number of nitrogens with zero attached hydrogens (tertiary/aromatic N) is 1. The predicted octanol–water partition coefficient (Wildman–Crippen LogP) is 2.89. The fourth-order valence-corrected chi connectivity index (χ4v) is 5.69.